The van der Waals surface area contributed by atoms with E-state index in [-0.39, 0.29) is 0 Å². The van der Waals surface area contributed by atoms with Crippen molar-refractivity contribution in [3.05, 3.63) is 83.9 Å². The van der Waals surface area contributed by atoms with Crippen LogP contribution in [0.5, 0.6) is 0 Å². The second kappa shape index (κ2) is 8.39. The molecule has 0 amide bonds. The SMILES string of the molecule is CSc1c(COCc2ccc3ccccc3c2SC)ccc2ccccc12. The molecule has 0 bridgehead atoms. The lowest BCUT2D eigenvalue weighted by atomic mass is 10.1. The number of fused-ring (bicyclic) bond motifs is 2. The van der Waals surface area contributed by atoms with Gasteiger partial charge in [0.1, 0.15) is 0 Å². The van der Waals surface area contributed by atoms with E-state index < -0.39 is 0 Å². The van der Waals surface area contributed by atoms with Crippen molar-refractivity contribution in [2.45, 2.75) is 23.0 Å². The zero-order valence-electron chi connectivity index (χ0n) is 15.6. The van der Waals surface area contributed by atoms with Gasteiger partial charge in [-0.15, -0.1) is 23.5 Å². The molecule has 0 radical (unpaired) electrons. The topological polar surface area (TPSA) is 9.23 Å². The molecule has 27 heavy (non-hydrogen) atoms. The average Bonchev–Trinajstić information content (AvgIpc) is 2.73. The van der Waals surface area contributed by atoms with Crippen LogP contribution in [-0.2, 0) is 18.0 Å². The zero-order valence-corrected chi connectivity index (χ0v) is 17.2. The molecule has 0 N–H and O–H groups in total. The van der Waals surface area contributed by atoms with Crippen LogP contribution in [0, 0.1) is 0 Å². The Morgan fingerprint density at radius 2 is 1.04 bits per heavy atom. The van der Waals surface area contributed by atoms with Gasteiger partial charge in [0.2, 0.25) is 0 Å². The van der Waals surface area contributed by atoms with Crippen LogP contribution in [0.4, 0.5) is 0 Å². The molecule has 0 fully saturated rings. The van der Waals surface area contributed by atoms with Gasteiger partial charge < -0.3 is 4.74 Å². The van der Waals surface area contributed by atoms with Crippen molar-refractivity contribution in [3.63, 3.8) is 0 Å². The third kappa shape index (κ3) is 3.73. The fourth-order valence-corrected chi connectivity index (χ4v) is 5.15. The van der Waals surface area contributed by atoms with Crippen molar-refractivity contribution in [3.8, 4) is 0 Å². The maximum Gasteiger partial charge on any atom is 0.0732 e. The summed E-state index contributed by atoms with van der Waals surface area (Å²) in [5.74, 6) is 0. The number of hydrogen-bond acceptors (Lipinski definition) is 3. The van der Waals surface area contributed by atoms with E-state index in [0.717, 1.165) is 0 Å². The van der Waals surface area contributed by atoms with Gasteiger partial charge in [-0.1, -0.05) is 72.8 Å². The third-order valence-electron chi connectivity index (χ3n) is 4.85. The highest BCUT2D eigenvalue weighted by Gasteiger charge is 2.09. The van der Waals surface area contributed by atoms with Crippen LogP contribution in [0.15, 0.2) is 82.6 Å². The van der Waals surface area contributed by atoms with E-state index in [2.05, 4.69) is 85.3 Å². The average molecular weight is 391 g/mol. The molecule has 1 nitrogen and oxygen atoms in total. The van der Waals surface area contributed by atoms with Gasteiger partial charge in [-0.05, 0) is 45.2 Å². The minimum absolute atomic E-state index is 0.627. The highest BCUT2D eigenvalue weighted by atomic mass is 32.2. The lowest BCUT2D eigenvalue weighted by Gasteiger charge is -2.14. The smallest absolute Gasteiger partial charge is 0.0732 e. The molecule has 0 atom stereocenters. The van der Waals surface area contributed by atoms with Crippen molar-refractivity contribution >= 4 is 45.1 Å². The Hall–Kier alpha value is -1.94. The van der Waals surface area contributed by atoms with Crippen molar-refractivity contribution in [2.75, 3.05) is 12.5 Å². The number of rotatable bonds is 6. The summed E-state index contributed by atoms with van der Waals surface area (Å²) < 4.78 is 6.16. The highest BCUT2D eigenvalue weighted by Crippen LogP contribution is 2.32. The minimum Gasteiger partial charge on any atom is -0.372 e. The Morgan fingerprint density at radius 3 is 1.48 bits per heavy atom. The molecule has 0 aliphatic rings. The summed E-state index contributed by atoms with van der Waals surface area (Å²) in [7, 11) is 0. The summed E-state index contributed by atoms with van der Waals surface area (Å²) in [6, 6.07) is 25.9. The predicted octanol–water partition coefficient (Wildman–Crippen LogP) is 7.15. The van der Waals surface area contributed by atoms with Gasteiger partial charge in [-0.3, -0.25) is 0 Å². The molecule has 0 saturated heterocycles. The van der Waals surface area contributed by atoms with Crippen LogP contribution in [-0.4, -0.2) is 12.5 Å². The Balaban J connectivity index is 1.57. The van der Waals surface area contributed by atoms with Crippen molar-refractivity contribution in [2.24, 2.45) is 0 Å². The van der Waals surface area contributed by atoms with Crippen molar-refractivity contribution < 1.29 is 4.74 Å². The van der Waals surface area contributed by atoms with E-state index in [1.807, 2.05) is 0 Å². The lowest BCUT2D eigenvalue weighted by molar-refractivity contribution is 0.104. The highest BCUT2D eigenvalue weighted by molar-refractivity contribution is 7.99. The van der Waals surface area contributed by atoms with Gasteiger partial charge in [-0.2, -0.15) is 0 Å². The second-order valence-electron chi connectivity index (χ2n) is 6.45. The standard InChI is InChI=1S/C24H22OS2/c1-26-23-19(13-11-17-7-3-5-9-21(17)23)15-25-16-20-14-12-18-8-4-6-10-22(18)24(20)27-2/h3-14H,15-16H2,1-2H3. The summed E-state index contributed by atoms with van der Waals surface area (Å²) in [4.78, 5) is 2.63. The monoisotopic (exact) mass is 390 g/mol. The molecule has 4 aromatic carbocycles. The zero-order chi connectivity index (χ0) is 18.6. The van der Waals surface area contributed by atoms with E-state index in [1.165, 1.54) is 42.5 Å². The van der Waals surface area contributed by atoms with Crippen LogP contribution >= 0.6 is 23.5 Å². The van der Waals surface area contributed by atoms with Crippen LogP contribution in [0.3, 0.4) is 0 Å². The van der Waals surface area contributed by atoms with Crippen LogP contribution < -0.4 is 0 Å². The Kier molecular flexibility index (Phi) is 5.72. The van der Waals surface area contributed by atoms with E-state index in [0.29, 0.717) is 13.2 Å². The maximum absolute atomic E-state index is 6.16. The molecule has 0 heterocycles. The van der Waals surface area contributed by atoms with Gasteiger partial charge in [0.25, 0.3) is 0 Å². The predicted molar refractivity (Wildman–Crippen MR) is 120 cm³/mol. The fourth-order valence-electron chi connectivity index (χ4n) is 3.56. The summed E-state index contributed by atoms with van der Waals surface area (Å²) >= 11 is 3.59. The van der Waals surface area contributed by atoms with Crippen molar-refractivity contribution in [1.82, 2.24) is 0 Å². The molecule has 0 aromatic heterocycles. The van der Waals surface area contributed by atoms with E-state index in [4.69, 9.17) is 4.74 Å². The molecule has 4 rings (SSSR count). The van der Waals surface area contributed by atoms with E-state index in [9.17, 15) is 0 Å². The quantitative estimate of drug-likeness (QED) is 0.323. The summed E-state index contributed by atoms with van der Waals surface area (Å²) in [5, 5.41) is 5.18. The first-order valence-electron chi connectivity index (χ1n) is 8.99. The molecule has 136 valence electrons. The first-order valence-corrected chi connectivity index (χ1v) is 11.4. The Morgan fingerprint density at radius 1 is 0.593 bits per heavy atom. The Bertz CT molecular complexity index is 1000. The molecule has 0 spiro atoms. The molecule has 3 heteroatoms. The van der Waals surface area contributed by atoms with E-state index in [1.54, 1.807) is 23.5 Å². The van der Waals surface area contributed by atoms with Crippen molar-refractivity contribution in [1.29, 1.82) is 0 Å². The largest absolute Gasteiger partial charge is 0.372 e. The third-order valence-corrected chi connectivity index (χ3v) is 6.63. The molecule has 0 unspecified atom stereocenters. The molecule has 4 aromatic rings. The van der Waals surface area contributed by atoms with Crippen LogP contribution in [0.2, 0.25) is 0 Å². The fraction of sp³-hybridized carbons (Fsp3) is 0.167. The normalized spacial score (nSPS) is 11.3. The molecular weight excluding hydrogens is 368 g/mol. The van der Waals surface area contributed by atoms with Crippen LogP contribution in [0.25, 0.3) is 21.5 Å². The number of hydrogen-bond donors (Lipinski definition) is 0. The Labute approximate surface area is 169 Å². The van der Waals surface area contributed by atoms with Gasteiger partial charge in [0.05, 0.1) is 13.2 Å². The lowest BCUT2D eigenvalue weighted by Crippen LogP contribution is -1.98. The minimum atomic E-state index is 0.627. The molecular formula is C24H22OS2. The number of ether oxygens (including phenoxy) is 1. The van der Waals surface area contributed by atoms with Gasteiger partial charge in [0, 0.05) is 9.79 Å². The number of benzene rings is 4. The number of thioether (sulfide) groups is 2. The molecule has 0 saturated carbocycles. The molecule has 0 aliphatic heterocycles. The second-order valence-corrected chi connectivity index (χ2v) is 8.08. The van der Waals surface area contributed by atoms with Gasteiger partial charge in [-0.25, -0.2) is 0 Å². The first kappa shape index (κ1) is 18.4. The van der Waals surface area contributed by atoms with E-state index >= 15 is 0 Å². The summed E-state index contributed by atoms with van der Waals surface area (Å²) in [6.07, 6.45) is 4.28. The first-order chi connectivity index (χ1) is 13.3. The summed E-state index contributed by atoms with van der Waals surface area (Å²) in [5.41, 5.74) is 2.51. The van der Waals surface area contributed by atoms with Gasteiger partial charge in [0.15, 0.2) is 0 Å². The molecule has 0 aliphatic carbocycles. The maximum atomic E-state index is 6.16. The summed E-state index contributed by atoms with van der Waals surface area (Å²) in [6.45, 7) is 1.25. The van der Waals surface area contributed by atoms with Crippen LogP contribution in [0.1, 0.15) is 11.1 Å². The van der Waals surface area contributed by atoms with Gasteiger partial charge >= 0.3 is 0 Å².